The summed E-state index contributed by atoms with van der Waals surface area (Å²) in [7, 11) is -4.66. The summed E-state index contributed by atoms with van der Waals surface area (Å²) in [5.41, 5.74) is 4.18. The van der Waals surface area contributed by atoms with Gasteiger partial charge in [-0.25, -0.2) is 0 Å². The molecule has 3 heteroatoms. The van der Waals surface area contributed by atoms with Crippen LogP contribution in [0.2, 0.25) is 58.9 Å². The molecule has 0 unspecified atom stereocenters. The van der Waals surface area contributed by atoms with E-state index in [9.17, 15) is 0 Å². The maximum atomic E-state index is 4.15. The molecule has 0 aliphatic rings. The Labute approximate surface area is 176 Å². The van der Waals surface area contributed by atoms with Crippen LogP contribution >= 0.6 is 0 Å². The average Bonchev–Trinajstić information content (AvgIpc) is 2.57. The SMILES string of the molecule is C=Cc1ccc(C(=Cc2ccccc2)[Si](C)(C)C)c([Si](C)(C)C)c1[Si](C)(C)C. The molecule has 0 heterocycles. The van der Waals surface area contributed by atoms with Gasteiger partial charge in [-0.2, -0.15) is 0 Å². The van der Waals surface area contributed by atoms with Gasteiger partial charge in [-0.3, -0.25) is 0 Å². The van der Waals surface area contributed by atoms with Gasteiger partial charge >= 0.3 is 0 Å². The Balaban J connectivity index is 2.96. The highest BCUT2D eigenvalue weighted by atomic mass is 28.3. The zero-order valence-corrected chi connectivity index (χ0v) is 22.4. The van der Waals surface area contributed by atoms with Gasteiger partial charge in [-0.15, -0.1) is 0 Å². The van der Waals surface area contributed by atoms with E-state index in [4.69, 9.17) is 0 Å². The van der Waals surface area contributed by atoms with Crippen LogP contribution in [0.3, 0.4) is 0 Å². The molecule has 0 atom stereocenters. The first-order valence-corrected chi connectivity index (χ1v) is 20.8. The van der Waals surface area contributed by atoms with Crippen molar-refractivity contribution in [1.29, 1.82) is 0 Å². The molecule has 0 aliphatic carbocycles. The summed E-state index contributed by atoms with van der Waals surface area (Å²) in [4.78, 5) is 0. The van der Waals surface area contributed by atoms with Crippen LogP contribution in [0.5, 0.6) is 0 Å². The molecule has 2 aromatic rings. The highest BCUT2D eigenvalue weighted by Gasteiger charge is 2.34. The predicted molar refractivity (Wildman–Crippen MR) is 140 cm³/mol. The van der Waals surface area contributed by atoms with Crippen LogP contribution in [0.15, 0.2) is 49.0 Å². The minimum atomic E-state index is -1.57. The van der Waals surface area contributed by atoms with Gasteiger partial charge in [-0.05, 0) is 16.7 Å². The Bertz CT molecular complexity index is 871. The monoisotopic (exact) mass is 422 g/mol. The molecule has 0 N–H and O–H groups in total. The normalized spacial score (nSPS) is 13.5. The second-order valence-corrected chi connectivity index (χ2v) is 25.9. The third-order valence-electron chi connectivity index (χ3n) is 5.17. The van der Waals surface area contributed by atoms with Gasteiger partial charge in [-0.1, -0.05) is 136 Å². The standard InChI is InChI=1S/C25H38Si3/c1-11-21-17-18-22(25(28(8,9)10)24(21)27(5,6)7)23(26(2,3)4)19-20-15-13-12-14-16-20/h11-19H,1H2,2-10H3. The van der Waals surface area contributed by atoms with Gasteiger partial charge in [0.05, 0.1) is 24.2 Å². The molecule has 0 spiro atoms. The largest absolute Gasteiger partial charge is 0.0985 e. The van der Waals surface area contributed by atoms with Crippen LogP contribution in [0, 0.1) is 0 Å². The van der Waals surface area contributed by atoms with E-state index in [1.165, 1.54) is 16.7 Å². The lowest BCUT2D eigenvalue weighted by Crippen LogP contribution is -2.59. The molecule has 0 saturated carbocycles. The number of rotatable bonds is 6. The lowest BCUT2D eigenvalue weighted by molar-refractivity contribution is 1.59. The van der Waals surface area contributed by atoms with Gasteiger partial charge in [0, 0.05) is 0 Å². The van der Waals surface area contributed by atoms with E-state index in [-0.39, 0.29) is 0 Å². The molecule has 0 amide bonds. The first-order chi connectivity index (χ1) is 12.8. The van der Waals surface area contributed by atoms with E-state index in [2.05, 4.69) is 120 Å². The smallest absolute Gasteiger partial charge is 0.0784 e. The number of hydrogen-bond donors (Lipinski definition) is 0. The van der Waals surface area contributed by atoms with Crippen molar-refractivity contribution in [3.8, 4) is 0 Å². The molecular weight excluding hydrogens is 385 g/mol. The predicted octanol–water partition coefficient (Wildman–Crippen LogP) is 6.84. The van der Waals surface area contributed by atoms with Gasteiger partial charge in [0.2, 0.25) is 0 Å². The Morgan fingerprint density at radius 1 is 0.714 bits per heavy atom. The van der Waals surface area contributed by atoms with Crippen molar-refractivity contribution in [3.63, 3.8) is 0 Å². The van der Waals surface area contributed by atoms with Crippen molar-refractivity contribution >= 4 is 51.9 Å². The number of benzene rings is 2. The maximum Gasteiger partial charge on any atom is 0.0784 e. The third-order valence-corrected chi connectivity index (χ3v) is 11.5. The fourth-order valence-electron chi connectivity index (χ4n) is 4.01. The lowest BCUT2D eigenvalue weighted by atomic mass is 10.1. The third kappa shape index (κ3) is 5.13. The van der Waals surface area contributed by atoms with Crippen LogP contribution in [0.1, 0.15) is 16.7 Å². The minimum Gasteiger partial charge on any atom is -0.0985 e. The first-order valence-electron chi connectivity index (χ1n) is 10.3. The average molecular weight is 423 g/mol. The van der Waals surface area contributed by atoms with Crippen molar-refractivity contribution in [2.24, 2.45) is 0 Å². The van der Waals surface area contributed by atoms with E-state index in [0.29, 0.717) is 0 Å². The van der Waals surface area contributed by atoms with Crippen LogP contribution in [-0.2, 0) is 0 Å². The fraction of sp³-hybridized carbons (Fsp3) is 0.360. The Morgan fingerprint density at radius 3 is 1.68 bits per heavy atom. The lowest BCUT2D eigenvalue weighted by Gasteiger charge is -2.35. The van der Waals surface area contributed by atoms with Crippen molar-refractivity contribution in [2.75, 3.05) is 0 Å². The molecule has 28 heavy (non-hydrogen) atoms. The van der Waals surface area contributed by atoms with Gasteiger partial charge in [0.1, 0.15) is 0 Å². The maximum absolute atomic E-state index is 4.15. The fourth-order valence-corrected chi connectivity index (χ4v) is 11.9. The van der Waals surface area contributed by atoms with Crippen LogP contribution in [-0.4, -0.2) is 24.2 Å². The van der Waals surface area contributed by atoms with Crippen molar-refractivity contribution < 1.29 is 0 Å². The van der Waals surface area contributed by atoms with E-state index in [0.717, 1.165) is 0 Å². The van der Waals surface area contributed by atoms with E-state index in [1.807, 2.05) is 0 Å². The highest BCUT2D eigenvalue weighted by molar-refractivity contribution is 7.01. The number of hydrogen-bond acceptors (Lipinski definition) is 0. The molecule has 150 valence electrons. The Hall–Kier alpha value is -1.43. The van der Waals surface area contributed by atoms with Gasteiger partial charge in [0.25, 0.3) is 0 Å². The van der Waals surface area contributed by atoms with E-state index < -0.39 is 24.2 Å². The topological polar surface area (TPSA) is 0 Å². The molecular formula is C25H38Si3. The molecule has 2 rings (SSSR count). The highest BCUT2D eigenvalue weighted by Crippen LogP contribution is 2.29. The summed E-state index contributed by atoms with van der Waals surface area (Å²) in [5, 5.41) is 4.89. The molecule has 0 saturated heterocycles. The molecule has 0 radical (unpaired) electrons. The molecule has 0 aromatic heterocycles. The Morgan fingerprint density at radius 2 is 1.25 bits per heavy atom. The van der Waals surface area contributed by atoms with E-state index >= 15 is 0 Å². The quantitative estimate of drug-likeness (QED) is 0.353. The van der Waals surface area contributed by atoms with Crippen molar-refractivity contribution in [1.82, 2.24) is 0 Å². The summed E-state index contributed by atoms with van der Waals surface area (Å²) in [5.74, 6) is 0. The zero-order valence-electron chi connectivity index (χ0n) is 19.4. The zero-order chi connectivity index (χ0) is 21.3. The first kappa shape index (κ1) is 22.9. The second-order valence-electron chi connectivity index (χ2n) is 10.9. The molecule has 0 bridgehead atoms. The van der Waals surface area contributed by atoms with Crippen LogP contribution in [0.4, 0.5) is 0 Å². The summed E-state index contributed by atoms with van der Waals surface area (Å²) < 4.78 is 0. The molecule has 0 fully saturated rings. The molecule has 2 aromatic carbocycles. The van der Waals surface area contributed by atoms with E-state index in [1.54, 1.807) is 15.6 Å². The van der Waals surface area contributed by atoms with Gasteiger partial charge < -0.3 is 0 Å². The minimum absolute atomic E-state index is 1.31. The van der Waals surface area contributed by atoms with Gasteiger partial charge in [0.15, 0.2) is 0 Å². The molecule has 0 aliphatic heterocycles. The van der Waals surface area contributed by atoms with Crippen LogP contribution in [0.25, 0.3) is 17.3 Å². The summed E-state index contributed by atoms with van der Waals surface area (Å²) in [6.07, 6.45) is 4.54. The second kappa shape index (κ2) is 8.13. The summed E-state index contributed by atoms with van der Waals surface area (Å²) >= 11 is 0. The summed E-state index contributed by atoms with van der Waals surface area (Å²) in [6, 6.07) is 15.6. The van der Waals surface area contributed by atoms with Crippen molar-refractivity contribution in [3.05, 3.63) is 65.7 Å². The van der Waals surface area contributed by atoms with Crippen LogP contribution < -0.4 is 10.4 Å². The summed E-state index contributed by atoms with van der Waals surface area (Å²) in [6.45, 7) is 26.6. The Kier molecular flexibility index (Phi) is 6.64. The molecule has 0 nitrogen and oxygen atoms in total. The van der Waals surface area contributed by atoms with Crippen molar-refractivity contribution in [2.45, 2.75) is 58.9 Å².